The molecule has 0 radical (unpaired) electrons. The Morgan fingerprint density at radius 2 is 1.94 bits per heavy atom. The number of nitrogens with one attached hydrogen (secondary N) is 3. The van der Waals surface area contributed by atoms with E-state index in [4.69, 9.17) is 4.74 Å². The Balaban J connectivity index is 1.48. The van der Waals surface area contributed by atoms with Crippen LogP contribution in [0.4, 0.5) is 5.69 Å². The fourth-order valence-corrected chi connectivity index (χ4v) is 4.53. The van der Waals surface area contributed by atoms with Gasteiger partial charge in [-0.1, -0.05) is 24.3 Å². The van der Waals surface area contributed by atoms with E-state index in [1.54, 1.807) is 6.07 Å². The van der Waals surface area contributed by atoms with Crippen molar-refractivity contribution < 1.29 is 14.3 Å². The number of thiophene rings is 1. The van der Waals surface area contributed by atoms with E-state index in [1.165, 1.54) is 18.4 Å². The highest BCUT2D eigenvalue weighted by Crippen LogP contribution is 2.30. The number of carbonyl (C=O) groups excluding carboxylic acids is 2. The second-order valence-electron chi connectivity index (χ2n) is 8.01. The average Bonchev–Trinajstić information content (AvgIpc) is 3.27. The molecule has 4 rings (SSSR count). The maximum Gasteiger partial charge on any atom is 0.348 e. The van der Waals surface area contributed by atoms with Gasteiger partial charge in [-0.2, -0.15) is 0 Å². The van der Waals surface area contributed by atoms with E-state index in [0.717, 1.165) is 40.3 Å². The van der Waals surface area contributed by atoms with E-state index < -0.39 is 0 Å². The van der Waals surface area contributed by atoms with Crippen molar-refractivity contribution in [2.45, 2.75) is 25.9 Å². The minimum absolute atomic E-state index is 0.0973. The van der Waals surface area contributed by atoms with Crippen LogP contribution in [0.5, 0.6) is 0 Å². The molecule has 1 atom stereocenters. The molecule has 7 heteroatoms. The molecule has 3 aromatic rings. The number of amides is 1. The number of aryl methyl sites for hydroxylation is 1. The van der Waals surface area contributed by atoms with Gasteiger partial charge in [0.2, 0.25) is 0 Å². The molecule has 0 spiro atoms. The van der Waals surface area contributed by atoms with E-state index in [-0.39, 0.29) is 17.9 Å². The van der Waals surface area contributed by atoms with Crippen LogP contribution >= 0.6 is 11.3 Å². The van der Waals surface area contributed by atoms with Crippen molar-refractivity contribution in [2.75, 3.05) is 25.5 Å². The van der Waals surface area contributed by atoms with Gasteiger partial charge in [0.05, 0.1) is 19.2 Å². The largest absolute Gasteiger partial charge is 0.465 e. The predicted molar refractivity (Wildman–Crippen MR) is 128 cm³/mol. The monoisotopic (exact) mass is 449 g/mol. The van der Waals surface area contributed by atoms with Crippen molar-refractivity contribution in [1.82, 2.24) is 10.6 Å². The highest BCUT2D eigenvalue weighted by molar-refractivity contribution is 7.17. The Hall–Kier alpha value is -3.16. The van der Waals surface area contributed by atoms with Gasteiger partial charge in [0, 0.05) is 29.2 Å². The highest BCUT2D eigenvalue weighted by Gasteiger charge is 2.19. The standard InChI is InChI=1S/C25H27N3O3S/c1-15-7-8-19(28-20-13-26-14-20)12-21(15)24(29)27-16(2)17-5-4-6-18(11-17)22-9-10-23(32-22)25(30)31-3/h4-12,16,20,26,28H,13-14H2,1-3H3,(H,27,29). The Morgan fingerprint density at radius 1 is 1.12 bits per heavy atom. The molecule has 3 N–H and O–H groups in total. The minimum atomic E-state index is -0.335. The smallest absolute Gasteiger partial charge is 0.348 e. The fraction of sp³-hybridized carbons (Fsp3) is 0.280. The van der Waals surface area contributed by atoms with Gasteiger partial charge in [-0.25, -0.2) is 4.79 Å². The number of esters is 1. The summed E-state index contributed by atoms with van der Waals surface area (Å²) in [6, 6.07) is 17.8. The molecule has 1 aromatic heterocycles. The van der Waals surface area contributed by atoms with E-state index >= 15 is 0 Å². The van der Waals surface area contributed by atoms with E-state index in [1.807, 2.05) is 62.4 Å². The maximum absolute atomic E-state index is 13.0. The third-order valence-corrected chi connectivity index (χ3v) is 6.76. The third kappa shape index (κ3) is 4.84. The summed E-state index contributed by atoms with van der Waals surface area (Å²) in [6.45, 7) is 5.80. The number of methoxy groups -OCH3 is 1. The molecule has 32 heavy (non-hydrogen) atoms. The van der Waals surface area contributed by atoms with Crippen LogP contribution in [0.2, 0.25) is 0 Å². The topological polar surface area (TPSA) is 79.5 Å². The Morgan fingerprint density at radius 3 is 2.66 bits per heavy atom. The van der Waals surface area contributed by atoms with E-state index in [0.29, 0.717) is 16.5 Å². The molecule has 0 saturated carbocycles. The van der Waals surface area contributed by atoms with Crippen molar-refractivity contribution >= 4 is 28.9 Å². The van der Waals surface area contributed by atoms with Crippen LogP contribution in [0.25, 0.3) is 10.4 Å². The normalized spacial score (nSPS) is 14.3. The number of ether oxygens (including phenoxy) is 1. The molecule has 2 heterocycles. The highest BCUT2D eigenvalue weighted by atomic mass is 32.1. The first kappa shape index (κ1) is 22.0. The number of hydrogen-bond acceptors (Lipinski definition) is 6. The summed E-state index contributed by atoms with van der Waals surface area (Å²) in [5.74, 6) is -0.432. The van der Waals surface area contributed by atoms with E-state index in [2.05, 4.69) is 16.0 Å². The van der Waals surface area contributed by atoms with Gasteiger partial charge in [-0.15, -0.1) is 11.3 Å². The van der Waals surface area contributed by atoms with Gasteiger partial charge in [0.15, 0.2) is 0 Å². The zero-order valence-electron chi connectivity index (χ0n) is 18.4. The molecule has 166 valence electrons. The first-order valence-corrected chi connectivity index (χ1v) is 11.4. The first-order valence-electron chi connectivity index (χ1n) is 10.6. The van der Waals surface area contributed by atoms with Crippen LogP contribution in [0.3, 0.4) is 0 Å². The SMILES string of the molecule is COC(=O)c1ccc(-c2cccc(C(C)NC(=O)c3cc(NC4CNC4)ccc3C)c2)s1. The van der Waals surface area contributed by atoms with Crippen LogP contribution in [0.1, 0.15) is 44.1 Å². The summed E-state index contributed by atoms with van der Waals surface area (Å²) in [5.41, 5.74) is 4.57. The summed E-state index contributed by atoms with van der Waals surface area (Å²) in [7, 11) is 1.38. The van der Waals surface area contributed by atoms with Gasteiger partial charge >= 0.3 is 5.97 Å². The Kier molecular flexibility index (Phi) is 6.58. The summed E-state index contributed by atoms with van der Waals surface area (Å²) in [5, 5.41) is 9.81. The molecule has 6 nitrogen and oxygen atoms in total. The van der Waals surface area contributed by atoms with Gasteiger partial charge in [0.25, 0.3) is 5.91 Å². The number of carbonyl (C=O) groups is 2. The Labute approximate surface area is 192 Å². The van der Waals surface area contributed by atoms with Crippen molar-refractivity contribution in [3.63, 3.8) is 0 Å². The number of anilines is 1. The van der Waals surface area contributed by atoms with Gasteiger partial charge in [-0.3, -0.25) is 4.79 Å². The number of rotatable bonds is 7. The second kappa shape index (κ2) is 9.54. The summed E-state index contributed by atoms with van der Waals surface area (Å²) in [4.78, 5) is 26.3. The molecule has 1 aliphatic rings. The van der Waals surface area contributed by atoms with Crippen LogP contribution in [0, 0.1) is 6.92 Å². The quantitative estimate of drug-likeness (QED) is 0.467. The van der Waals surface area contributed by atoms with Crippen molar-refractivity contribution in [3.8, 4) is 10.4 Å². The lowest BCUT2D eigenvalue weighted by Gasteiger charge is -2.29. The van der Waals surface area contributed by atoms with Crippen molar-refractivity contribution in [2.24, 2.45) is 0 Å². The average molecular weight is 450 g/mol. The fourth-order valence-electron chi connectivity index (χ4n) is 3.61. The van der Waals surface area contributed by atoms with Crippen molar-refractivity contribution in [1.29, 1.82) is 0 Å². The first-order chi connectivity index (χ1) is 15.4. The van der Waals surface area contributed by atoms with Gasteiger partial charge < -0.3 is 20.7 Å². The molecule has 1 amide bonds. The van der Waals surface area contributed by atoms with E-state index in [9.17, 15) is 9.59 Å². The molecular weight excluding hydrogens is 422 g/mol. The molecule has 1 fully saturated rings. The molecule has 1 aliphatic heterocycles. The van der Waals surface area contributed by atoms with Crippen LogP contribution < -0.4 is 16.0 Å². The van der Waals surface area contributed by atoms with Crippen LogP contribution in [-0.2, 0) is 4.74 Å². The molecule has 1 saturated heterocycles. The molecular formula is C25H27N3O3S. The third-order valence-electron chi connectivity index (χ3n) is 5.65. The van der Waals surface area contributed by atoms with Crippen LogP contribution in [0.15, 0.2) is 54.6 Å². The van der Waals surface area contributed by atoms with Crippen LogP contribution in [-0.4, -0.2) is 38.1 Å². The van der Waals surface area contributed by atoms with Gasteiger partial charge in [0.1, 0.15) is 4.88 Å². The molecule has 2 aromatic carbocycles. The molecule has 1 unspecified atom stereocenters. The zero-order valence-corrected chi connectivity index (χ0v) is 19.2. The lowest BCUT2D eigenvalue weighted by Crippen LogP contribution is -2.51. The lowest BCUT2D eigenvalue weighted by molar-refractivity contribution is 0.0606. The number of hydrogen-bond donors (Lipinski definition) is 3. The zero-order chi connectivity index (χ0) is 22.7. The Bertz CT molecular complexity index is 1140. The molecule has 0 bridgehead atoms. The second-order valence-corrected chi connectivity index (χ2v) is 9.09. The minimum Gasteiger partial charge on any atom is -0.465 e. The predicted octanol–water partition coefficient (Wildman–Crippen LogP) is 4.38. The number of benzene rings is 2. The summed E-state index contributed by atoms with van der Waals surface area (Å²) < 4.78 is 4.80. The summed E-state index contributed by atoms with van der Waals surface area (Å²) >= 11 is 1.39. The summed E-state index contributed by atoms with van der Waals surface area (Å²) in [6.07, 6.45) is 0. The van der Waals surface area contributed by atoms with Gasteiger partial charge in [-0.05, 0) is 60.9 Å². The maximum atomic E-state index is 13.0. The van der Waals surface area contributed by atoms with Crippen molar-refractivity contribution in [3.05, 3.63) is 76.2 Å². The lowest BCUT2D eigenvalue weighted by atomic mass is 10.0. The molecule has 0 aliphatic carbocycles.